The molecule has 0 atom stereocenters. The van der Waals surface area contributed by atoms with Crippen molar-refractivity contribution in [3.63, 3.8) is 0 Å². The van der Waals surface area contributed by atoms with Gasteiger partial charge in [0.15, 0.2) is 0 Å². The van der Waals surface area contributed by atoms with E-state index in [1.54, 1.807) is 26.8 Å². The zero-order chi connectivity index (χ0) is 13.3. The van der Waals surface area contributed by atoms with Crippen LogP contribution in [0.3, 0.4) is 0 Å². The number of rotatable bonds is 7. The molecule has 0 radical (unpaired) electrons. The highest BCUT2D eigenvalue weighted by Crippen LogP contribution is 2.09. The third-order valence-corrected chi connectivity index (χ3v) is 1.77. The first-order chi connectivity index (χ1) is 7.85. The molecule has 0 saturated carbocycles. The summed E-state index contributed by atoms with van der Waals surface area (Å²) in [5.74, 6) is -0.736. The highest BCUT2D eigenvalue weighted by atomic mass is 16.6. The van der Waals surface area contributed by atoms with Crippen molar-refractivity contribution < 1.29 is 19.1 Å². The van der Waals surface area contributed by atoms with E-state index < -0.39 is 5.60 Å². The van der Waals surface area contributed by atoms with Crippen molar-refractivity contribution in [3.8, 4) is 0 Å². The van der Waals surface area contributed by atoms with Crippen LogP contribution < -0.4 is 0 Å². The monoisotopic (exact) mass is 242 g/mol. The molecule has 0 saturated heterocycles. The van der Waals surface area contributed by atoms with E-state index >= 15 is 0 Å². The molecule has 0 amide bonds. The molecule has 0 unspecified atom stereocenters. The molecule has 0 aromatic heterocycles. The van der Waals surface area contributed by atoms with Crippen molar-refractivity contribution in [1.82, 2.24) is 0 Å². The first-order valence-corrected chi connectivity index (χ1v) is 5.83. The van der Waals surface area contributed by atoms with Gasteiger partial charge in [-0.25, -0.2) is 0 Å². The van der Waals surface area contributed by atoms with Crippen molar-refractivity contribution in [2.24, 2.45) is 0 Å². The van der Waals surface area contributed by atoms with Gasteiger partial charge in [0.25, 0.3) is 0 Å². The van der Waals surface area contributed by atoms with E-state index in [0.29, 0.717) is 6.61 Å². The fourth-order valence-electron chi connectivity index (χ4n) is 1.08. The third kappa shape index (κ3) is 11.0. The maximum atomic E-state index is 11.3. The number of carbonyl (C=O) groups excluding carboxylic acids is 2. The Balaban J connectivity index is 3.63. The first kappa shape index (κ1) is 15.7. The van der Waals surface area contributed by atoms with Crippen molar-refractivity contribution in [3.05, 3.63) is 12.7 Å². The quantitative estimate of drug-likeness (QED) is 0.391. The lowest BCUT2D eigenvalue weighted by Gasteiger charge is -2.19. The molecule has 4 heteroatoms. The van der Waals surface area contributed by atoms with Crippen LogP contribution in [0.1, 0.15) is 46.5 Å². The van der Waals surface area contributed by atoms with Gasteiger partial charge in [-0.2, -0.15) is 0 Å². The molecule has 0 aromatic carbocycles. The summed E-state index contributed by atoms with van der Waals surface area (Å²) in [5.41, 5.74) is -0.509. The first-order valence-electron chi connectivity index (χ1n) is 5.83. The van der Waals surface area contributed by atoms with E-state index in [1.165, 1.54) is 0 Å². The molecular formula is C13H22O4. The summed E-state index contributed by atoms with van der Waals surface area (Å²) in [6.07, 6.45) is 3.50. The zero-order valence-electron chi connectivity index (χ0n) is 11.0. The van der Waals surface area contributed by atoms with E-state index in [1.807, 2.05) is 0 Å². The normalized spacial score (nSPS) is 10.8. The molecule has 0 spiro atoms. The fraction of sp³-hybridized carbons (Fsp3) is 0.692. The van der Waals surface area contributed by atoms with Gasteiger partial charge in [0, 0.05) is 0 Å². The van der Waals surface area contributed by atoms with E-state index in [-0.39, 0.29) is 24.8 Å². The second-order valence-corrected chi connectivity index (χ2v) is 4.74. The van der Waals surface area contributed by atoms with Gasteiger partial charge in [-0.1, -0.05) is 6.08 Å². The second kappa shape index (κ2) is 7.87. The molecule has 17 heavy (non-hydrogen) atoms. The Morgan fingerprint density at radius 2 is 1.76 bits per heavy atom. The minimum absolute atomic E-state index is 0.0670. The maximum absolute atomic E-state index is 11.3. The minimum Gasteiger partial charge on any atom is -0.466 e. The Kier molecular flexibility index (Phi) is 7.26. The Labute approximate surface area is 103 Å². The van der Waals surface area contributed by atoms with Crippen LogP contribution in [0.4, 0.5) is 0 Å². The molecule has 98 valence electrons. The summed E-state index contributed by atoms with van der Waals surface area (Å²) >= 11 is 0. The summed E-state index contributed by atoms with van der Waals surface area (Å²) in [5, 5.41) is 0. The van der Waals surface area contributed by atoms with E-state index in [2.05, 4.69) is 6.58 Å². The van der Waals surface area contributed by atoms with Crippen LogP contribution in [0.15, 0.2) is 12.7 Å². The molecule has 0 aliphatic heterocycles. The lowest BCUT2D eigenvalue weighted by atomic mass is 10.2. The van der Waals surface area contributed by atoms with Gasteiger partial charge < -0.3 is 9.47 Å². The van der Waals surface area contributed by atoms with Crippen molar-refractivity contribution in [2.45, 2.75) is 52.1 Å². The predicted molar refractivity (Wildman–Crippen MR) is 65.5 cm³/mol. The summed E-state index contributed by atoms with van der Waals surface area (Å²) in [6.45, 7) is 9.31. The molecule has 0 aromatic rings. The Bertz CT molecular complexity index is 263. The molecule has 0 rings (SSSR count). The Morgan fingerprint density at radius 1 is 1.18 bits per heavy atom. The van der Waals surface area contributed by atoms with Gasteiger partial charge in [-0.3, -0.25) is 9.59 Å². The molecule has 0 heterocycles. The van der Waals surface area contributed by atoms with Crippen LogP contribution in [-0.4, -0.2) is 24.1 Å². The maximum Gasteiger partial charge on any atom is 0.306 e. The number of hydrogen-bond donors (Lipinski definition) is 0. The molecular weight excluding hydrogens is 220 g/mol. The number of unbranched alkanes of at least 4 members (excludes halogenated alkanes) is 1. The van der Waals surface area contributed by atoms with Crippen molar-refractivity contribution in [2.75, 3.05) is 6.61 Å². The highest BCUT2D eigenvalue weighted by molar-refractivity contribution is 5.77. The lowest BCUT2D eigenvalue weighted by Crippen LogP contribution is -2.24. The minimum atomic E-state index is -0.509. The summed E-state index contributed by atoms with van der Waals surface area (Å²) in [6, 6.07) is 0. The molecule has 4 nitrogen and oxygen atoms in total. The van der Waals surface area contributed by atoms with Crippen molar-refractivity contribution >= 4 is 11.9 Å². The van der Waals surface area contributed by atoms with Crippen LogP contribution in [0.5, 0.6) is 0 Å². The van der Waals surface area contributed by atoms with Gasteiger partial charge in [-0.05, 0) is 33.6 Å². The fourth-order valence-corrected chi connectivity index (χ4v) is 1.08. The number of esters is 2. The van der Waals surface area contributed by atoms with Gasteiger partial charge >= 0.3 is 11.9 Å². The van der Waals surface area contributed by atoms with Crippen LogP contribution >= 0.6 is 0 Å². The standard InChI is InChI=1S/C13H22O4/c1-5-6-7-10-16-11(14)8-9-12(15)17-13(2,3)4/h5H,1,6-10H2,2-4H3. The summed E-state index contributed by atoms with van der Waals surface area (Å²) in [7, 11) is 0. The highest BCUT2D eigenvalue weighted by Gasteiger charge is 2.17. The van der Waals surface area contributed by atoms with Crippen LogP contribution in [-0.2, 0) is 19.1 Å². The topological polar surface area (TPSA) is 52.6 Å². The Morgan fingerprint density at radius 3 is 2.29 bits per heavy atom. The number of allylic oxidation sites excluding steroid dienone is 1. The average molecular weight is 242 g/mol. The molecule has 0 fully saturated rings. The van der Waals surface area contributed by atoms with Gasteiger partial charge in [0.2, 0.25) is 0 Å². The molecule has 0 aliphatic rings. The van der Waals surface area contributed by atoms with Crippen LogP contribution in [0.25, 0.3) is 0 Å². The van der Waals surface area contributed by atoms with Crippen molar-refractivity contribution in [1.29, 1.82) is 0 Å². The van der Waals surface area contributed by atoms with Crippen LogP contribution in [0.2, 0.25) is 0 Å². The largest absolute Gasteiger partial charge is 0.466 e. The summed E-state index contributed by atoms with van der Waals surface area (Å²) < 4.78 is 10.0. The van der Waals surface area contributed by atoms with Gasteiger partial charge in [0.1, 0.15) is 5.60 Å². The Hall–Kier alpha value is -1.32. The average Bonchev–Trinajstić information content (AvgIpc) is 2.19. The molecule has 0 bridgehead atoms. The molecule has 0 N–H and O–H groups in total. The summed E-state index contributed by atoms with van der Waals surface area (Å²) in [4.78, 5) is 22.5. The molecule has 0 aliphatic carbocycles. The number of ether oxygens (including phenoxy) is 2. The van der Waals surface area contributed by atoms with E-state index in [9.17, 15) is 9.59 Å². The number of carbonyl (C=O) groups is 2. The third-order valence-electron chi connectivity index (χ3n) is 1.77. The van der Waals surface area contributed by atoms with E-state index in [0.717, 1.165) is 12.8 Å². The number of hydrogen-bond acceptors (Lipinski definition) is 4. The second-order valence-electron chi connectivity index (χ2n) is 4.74. The zero-order valence-corrected chi connectivity index (χ0v) is 11.0. The SMILES string of the molecule is C=CCCCOC(=O)CCC(=O)OC(C)(C)C. The smallest absolute Gasteiger partial charge is 0.306 e. The van der Waals surface area contributed by atoms with Gasteiger partial charge in [0.05, 0.1) is 19.4 Å². The predicted octanol–water partition coefficient (Wildman–Crippen LogP) is 2.62. The van der Waals surface area contributed by atoms with E-state index in [4.69, 9.17) is 9.47 Å². The lowest BCUT2D eigenvalue weighted by molar-refractivity contribution is -0.158. The van der Waals surface area contributed by atoms with Gasteiger partial charge in [-0.15, -0.1) is 6.58 Å². The van der Waals surface area contributed by atoms with Crippen LogP contribution in [0, 0.1) is 0 Å².